The summed E-state index contributed by atoms with van der Waals surface area (Å²) < 4.78 is 1.10. The number of nitrogens with zero attached hydrogens (tertiary/aromatic N) is 2. The third kappa shape index (κ3) is 4.02. The van der Waals surface area contributed by atoms with E-state index in [1.165, 1.54) is 16.9 Å². The Morgan fingerprint density at radius 3 is 2.57 bits per heavy atom. The number of carbonyl (C=O) groups is 1. The van der Waals surface area contributed by atoms with Gasteiger partial charge in [-0.3, -0.25) is 9.69 Å². The van der Waals surface area contributed by atoms with Crippen molar-refractivity contribution in [3.63, 3.8) is 0 Å². The van der Waals surface area contributed by atoms with Gasteiger partial charge in [0.15, 0.2) is 5.13 Å². The zero-order chi connectivity index (χ0) is 15.6. The molecule has 0 atom stereocenters. The predicted octanol–water partition coefficient (Wildman–Crippen LogP) is 3.66. The topological polar surface area (TPSA) is 45.2 Å². The molecular formula is C16H23N3OS. The first-order valence-electron chi connectivity index (χ1n) is 7.29. The Morgan fingerprint density at radius 2 is 1.95 bits per heavy atom. The Bertz CT molecular complexity index is 625. The van der Waals surface area contributed by atoms with Crippen molar-refractivity contribution in [2.24, 2.45) is 0 Å². The molecule has 4 nitrogen and oxygen atoms in total. The maximum absolute atomic E-state index is 12.2. The molecule has 1 heterocycles. The minimum atomic E-state index is -0.00632. The molecule has 0 aliphatic carbocycles. The number of hydrogen-bond donors (Lipinski definition) is 1. The summed E-state index contributed by atoms with van der Waals surface area (Å²) in [6, 6.07) is 6.83. The molecule has 1 aromatic heterocycles. The number of benzene rings is 1. The summed E-state index contributed by atoms with van der Waals surface area (Å²) in [5.74, 6) is -0.00632. The minimum Gasteiger partial charge on any atom is -0.301 e. The molecule has 1 aromatic carbocycles. The Labute approximate surface area is 130 Å². The third-order valence-electron chi connectivity index (χ3n) is 3.44. The van der Waals surface area contributed by atoms with Crippen LogP contribution in [0.2, 0.25) is 0 Å². The zero-order valence-corrected chi connectivity index (χ0v) is 14.1. The van der Waals surface area contributed by atoms with Crippen molar-refractivity contribution in [1.29, 1.82) is 0 Å². The van der Waals surface area contributed by atoms with Gasteiger partial charge in [-0.1, -0.05) is 17.4 Å². The summed E-state index contributed by atoms with van der Waals surface area (Å²) in [5.41, 5.74) is 2.12. The molecule has 1 N–H and O–H groups in total. The first kappa shape index (κ1) is 15.9. The van der Waals surface area contributed by atoms with Crippen molar-refractivity contribution in [3.8, 4) is 0 Å². The van der Waals surface area contributed by atoms with E-state index in [9.17, 15) is 4.79 Å². The highest BCUT2D eigenvalue weighted by molar-refractivity contribution is 7.22. The van der Waals surface area contributed by atoms with Crippen molar-refractivity contribution in [2.45, 2.75) is 46.7 Å². The highest BCUT2D eigenvalue weighted by atomic mass is 32.1. The second-order valence-electron chi connectivity index (χ2n) is 5.90. The average molecular weight is 305 g/mol. The molecule has 0 saturated carbocycles. The largest absolute Gasteiger partial charge is 0.301 e. The number of anilines is 1. The fourth-order valence-corrected chi connectivity index (χ4v) is 3.24. The van der Waals surface area contributed by atoms with Gasteiger partial charge in [-0.2, -0.15) is 0 Å². The van der Waals surface area contributed by atoms with Crippen molar-refractivity contribution >= 4 is 32.6 Å². The van der Waals surface area contributed by atoms with Crippen molar-refractivity contribution in [1.82, 2.24) is 9.88 Å². The molecular weight excluding hydrogens is 282 g/mol. The van der Waals surface area contributed by atoms with Gasteiger partial charge in [0.25, 0.3) is 0 Å². The van der Waals surface area contributed by atoms with E-state index in [0.29, 0.717) is 23.8 Å². The molecule has 0 fully saturated rings. The number of fused-ring (bicyclic) bond motifs is 1. The van der Waals surface area contributed by atoms with E-state index in [1.807, 2.05) is 19.1 Å². The van der Waals surface area contributed by atoms with Crippen LogP contribution in [0, 0.1) is 6.92 Å². The van der Waals surface area contributed by atoms with E-state index in [0.717, 1.165) is 10.2 Å². The number of nitrogens with one attached hydrogen (secondary N) is 1. The van der Waals surface area contributed by atoms with Crippen LogP contribution < -0.4 is 5.32 Å². The summed E-state index contributed by atoms with van der Waals surface area (Å²) in [7, 11) is 0. The number of rotatable bonds is 5. The molecule has 2 aromatic rings. The van der Waals surface area contributed by atoms with Crippen LogP contribution in [0.5, 0.6) is 0 Å². The van der Waals surface area contributed by atoms with Crippen LogP contribution in [-0.4, -0.2) is 34.4 Å². The van der Waals surface area contributed by atoms with Crippen molar-refractivity contribution < 1.29 is 4.79 Å². The smallest absolute Gasteiger partial charge is 0.240 e. The Morgan fingerprint density at radius 1 is 1.29 bits per heavy atom. The molecule has 0 spiro atoms. The van der Waals surface area contributed by atoms with Crippen LogP contribution in [0.25, 0.3) is 10.2 Å². The quantitative estimate of drug-likeness (QED) is 0.917. The highest BCUT2D eigenvalue weighted by Gasteiger charge is 2.17. The SMILES string of the molecule is Cc1ccc2sc(NC(=O)CN(C(C)C)C(C)C)nc2c1. The van der Waals surface area contributed by atoms with Crippen LogP contribution in [0.3, 0.4) is 0 Å². The minimum absolute atomic E-state index is 0.00632. The standard InChI is InChI=1S/C16H23N3OS/c1-10(2)19(11(3)4)9-15(20)18-16-17-13-8-12(5)6-7-14(13)21-16/h6-8,10-11H,9H2,1-5H3,(H,17,18,20). The molecule has 0 unspecified atom stereocenters. The van der Waals surface area contributed by atoms with E-state index in [1.54, 1.807) is 0 Å². The third-order valence-corrected chi connectivity index (χ3v) is 4.39. The summed E-state index contributed by atoms with van der Waals surface area (Å²) in [6.07, 6.45) is 0. The van der Waals surface area contributed by atoms with Gasteiger partial charge in [0.2, 0.25) is 5.91 Å². The average Bonchev–Trinajstić information content (AvgIpc) is 2.76. The Hall–Kier alpha value is -1.46. The fourth-order valence-electron chi connectivity index (χ4n) is 2.38. The predicted molar refractivity (Wildman–Crippen MR) is 90.0 cm³/mol. The van der Waals surface area contributed by atoms with Gasteiger partial charge in [0.05, 0.1) is 16.8 Å². The molecule has 1 amide bonds. The Balaban J connectivity index is 2.07. The zero-order valence-electron chi connectivity index (χ0n) is 13.3. The monoisotopic (exact) mass is 305 g/mol. The van der Waals surface area contributed by atoms with Crippen LogP contribution in [0.1, 0.15) is 33.3 Å². The number of thiazole rings is 1. The molecule has 21 heavy (non-hydrogen) atoms. The fraction of sp³-hybridized carbons (Fsp3) is 0.500. The number of amides is 1. The van der Waals surface area contributed by atoms with Gasteiger partial charge in [0.1, 0.15) is 0 Å². The maximum atomic E-state index is 12.2. The summed E-state index contributed by atoms with van der Waals surface area (Å²) in [6.45, 7) is 10.9. The summed E-state index contributed by atoms with van der Waals surface area (Å²) >= 11 is 1.52. The van der Waals surface area contributed by atoms with Crippen molar-refractivity contribution in [2.75, 3.05) is 11.9 Å². The van der Waals surface area contributed by atoms with Crippen LogP contribution in [-0.2, 0) is 4.79 Å². The van der Waals surface area contributed by atoms with Crippen molar-refractivity contribution in [3.05, 3.63) is 23.8 Å². The molecule has 0 bridgehead atoms. The molecule has 5 heteroatoms. The molecule has 2 rings (SSSR count). The van der Waals surface area contributed by atoms with E-state index in [2.05, 4.69) is 49.0 Å². The molecule has 114 valence electrons. The lowest BCUT2D eigenvalue weighted by Crippen LogP contribution is -2.42. The molecule has 0 saturated heterocycles. The second kappa shape index (κ2) is 6.54. The maximum Gasteiger partial charge on any atom is 0.240 e. The molecule has 0 aliphatic rings. The number of aromatic nitrogens is 1. The highest BCUT2D eigenvalue weighted by Crippen LogP contribution is 2.26. The van der Waals surface area contributed by atoms with Crippen LogP contribution in [0.15, 0.2) is 18.2 Å². The van der Waals surface area contributed by atoms with Gasteiger partial charge >= 0.3 is 0 Å². The van der Waals surface area contributed by atoms with Gasteiger partial charge in [0, 0.05) is 12.1 Å². The van der Waals surface area contributed by atoms with E-state index < -0.39 is 0 Å². The number of carbonyl (C=O) groups excluding carboxylic acids is 1. The number of aryl methyl sites for hydroxylation is 1. The van der Waals surface area contributed by atoms with Gasteiger partial charge in [-0.25, -0.2) is 4.98 Å². The molecule has 0 radical (unpaired) electrons. The first-order valence-corrected chi connectivity index (χ1v) is 8.11. The van der Waals surface area contributed by atoms with Gasteiger partial charge in [-0.15, -0.1) is 0 Å². The van der Waals surface area contributed by atoms with Gasteiger partial charge < -0.3 is 5.32 Å². The normalized spacial score (nSPS) is 11.8. The number of hydrogen-bond acceptors (Lipinski definition) is 4. The molecule has 0 aliphatic heterocycles. The first-order chi connectivity index (χ1) is 9.86. The Kier molecular flexibility index (Phi) is 4.96. The van der Waals surface area contributed by atoms with E-state index in [-0.39, 0.29) is 5.91 Å². The summed E-state index contributed by atoms with van der Waals surface area (Å²) in [4.78, 5) is 18.8. The van der Waals surface area contributed by atoms with Crippen LogP contribution in [0.4, 0.5) is 5.13 Å². The lowest BCUT2D eigenvalue weighted by molar-refractivity contribution is -0.118. The lowest BCUT2D eigenvalue weighted by Gasteiger charge is -2.29. The van der Waals surface area contributed by atoms with E-state index in [4.69, 9.17) is 0 Å². The van der Waals surface area contributed by atoms with Crippen LogP contribution >= 0.6 is 11.3 Å². The summed E-state index contributed by atoms with van der Waals surface area (Å²) in [5, 5.41) is 3.59. The second-order valence-corrected chi connectivity index (χ2v) is 6.93. The van der Waals surface area contributed by atoms with E-state index >= 15 is 0 Å². The van der Waals surface area contributed by atoms with Gasteiger partial charge in [-0.05, 0) is 52.3 Å². The lowest BCUT2D eigenvalue weighted by atomic mass is 10.2.